The average Bonchev–Trinajstić information content (AvgIpc) is 2.72. The van der Waals surface area contributed by atoms with Crippen molar-refractivity contribution in [1.82, 2.24) is 0 Å². The molecule has 0 aliphatic carbocycles. The molecular weight excluding hydrogens is 338 g/mol. The summed E-state index contributed by atoms with van der Waals surface area (Å²) in [5.74, 6) is 0. The number of aliphatic imine (C=N–C) groups is 1. The van der Waals surface area contributed by atoms with Gasteiger partial charge < -0.3 is 0 Å². The Kier molecular flexibility index (Phi) is 6.60. The van der Waals surface area contributed by atoms with Crippen LogP contribution in [-0.2, 0) is 13.0 Å². The number of benzene rings is 3. The van der Waals surface area contributed by atoms with Gasteiger partial charge in [0, 0.05) is 0 Å². The van der Waals surface area contributed by atoms with Gasteiger partial charge in [-0.15, -0.1) is 0 Å². The van der Waals surface area contributed by atoms with E-state index >= 15 is 0 Å². The highest BCUT2D eigenvalue weighted by atomic mass is 14.7. The molecule has 0 aliphatic heterocycles. The first-order valence-corrected chi connectivity index (χ1v) is 10.00. The van der Waals surface area contributed by atoms with Gasteiger partial charge in [0.15, 0.2) is 0 Å². The standard InChI is InChI=1S/C27H29N/c1-5-23-12-16-26(17-13-23)27(28-19-24-10-6-20(2)7-11-24)18-22(4)25-14-8-21(3)9-15-25/h6-18H,5,19H2,1-4H3/b22-18+,28-27?. The van der Waals surface area contributed by atoms with Crippen molar-refractivity contribution in [2.75, 3.05) is 0 Å². The topological polar surface area (TPSA) is 12.4 Å². The summed E-state index contributed by atoms with van der Waals surface area (Å²) < 4.78 is 0. The second kappa shape index (κ2) is 9.32. The van der Waals surface area contributed by atoms with Gasteiger partial charge in [-0.2, -0.15) is 0 Å². The Hall–Kier alpha value is -2.93. The van der Waals surface area contributed by atoms with Crippen LogP contribution in [0, 0.1) is 13.8 Å². The molecule has 0 radical (unpaired) electrons. The molecule has 0 saturated heterocycles. The molecule has 0 saturated carbocycles. The first kappa shape index (κ1) is 19.8. The van der Waals surface area contributed by atoms with Crippen LogP contribution in [-0.4, -0.2) is 5.71 Å². The van der Waals surface area contributed by atoms with Crippen LogP contribution < -0.4 is 0 Å². The molecular formula is C27H29N. The van der Waals surface area contributed by atoms with Crippen LogP contribution in [0.25, 0.3) is 5.57 Å². The third-order valence-corrected chi connectivity index (χ3v) is 5.07. The van der Waals surface area contributed by atoms with E-state index in [4.69, 9.17) is 4.99 Å². The van der Waals surface area contributed by atoms with Crippen LogP contribution in [0.5, 0.6) is 0 Å². The summed E-state index contributed by atoms with van der Waals surface area (Å²) in [7, 11) is 0. The summed E-state index contributed by atoms with van der Waals surface area (Å²) in [6.45, 7) is 9.26. The molecule has 142 valence electrons. The maximum atomic E-state index is 4.97. The molecule has 3 rings (SSSR count). The quantitative estimate of drug-likeness (QED) is 0.418. The van der Waals surface area contributed by atoms with E-state index in [0.29, 0.717) is 6.54 Å². The Morgan fingerprint density at radius 2 is 1.21 bits per heavy atom. The Morgan fingerprint density at radius 3 is 1.79 bits per heavy atom. The SMILES string of the molecule is CCc1ccc(C(/C=C(\C)c2ccc(C)cc2)=NCc2ccc(C)cc2)cc1. The molecule has 0 fully saturated rings. The second-order valence-electron chi connectivity index (χ2n) is 7.43. The minimum atomic E-state index is 0.683. The molecule has 1 heteroatoms. The summed E-state index contributed by atoms with van der Waals surface area (Å²) in [5.41, 5.74) is 9.78. The highest BCUT2D eigenvalue weighted by Crippen LogP contribution is 2.17. The summed E-state index contributed by atoms with van der Waals surface area (Å²) in [4.78, 5) is 4.97. The van der Waals surface area contributed by atoms with Gasteiger partial charge in [-0.3, -0.25) is 4.99 Å². The normalized spacial score (nSPS) is 12.3. The average molecular weight is 368 g/mol. The van der Waals surface area contributed by atoms with Crippen molar-refractivity contribution in [3.63, 3.8) is 0 Å². The third-order valence-electron chi connectivity index (χ3n) is 5.07. The zero-order chi connectivity index (χ0) is 19.9. The molecule has 3 aromatic carbocycles. The zero-order valence-electron chi connectivity index (χ0n) is 17.4. The number of allylic oxidation sites excluding steroid dienone is 2. The lowest BCUT2D eigenvalue weighted by molar-refractivity contribution is 1.07. The Labute approximate surface area is 169 Å². The number of nitrogens with zero attached hydrogens (tertiary/aromatic N) is 1. The molecule has 0 atom stereocenters. The molecule has 0 aromatic heterocycles. The van der Waals surface area contributed by atoms with Gasteiger partial charge in [-0.1, -0.05) is 90.8 Å². The zero-order valence-corrected chi connectivity index (χ0v) is 17.4. The number of rotatable bonds is 6. The predicted molar refractivity (Wildman–Crippen MR) is 122 cm³/mol. The largest absolute Gasteiger partial charge is 0.280 e. The fraction of sp³-hybridized carbons (Fsp3) is 0.222. The Bertz CT molecular complexity index is 956. The summed E-state index contributed by atoms with van der Waals surface area (Å²) >= 11 is 0. The highest BCUT2D eigenvalue weighted by molar-refractivity contribution is 6.12. The van der Waals surface area contributed by atoms with Crippen molar-refractivity contribution in [3.05, 3.63) is 112 Å². The summed E-state index contributed by atoms with van der Waals surface area (Å²) in [5, 5.41) is 0. The van der Waals surface area contributed by atoms with Crippen LogP contribution in [0.15, 0.2) is 83.9 Å². The first-order chi connectivity index (χ1) is 13.5. The third kappa shape index (κ3) is 5.29. The molecule has 0 amide bonds. The maximum Gasteiger partial charge on any atom is 0.0653 e. The maximum absolute atomic E-state index is 4.97. The van der Waals surface area contributed by atoms with Crippen molar-refractivity contribution < 1.29 is 0 Å². The Balaban J connectivity index is 1.94. The van der Waals surface area contributed by atoms with Gasteiger partial charge >= 0.3 is 0 Å². The lowest BCUT2D eigenvalue weighted by Gasteiger charge is -2.08. The molecule has 28 heavy (non-hydrogen) atoms. The minimum absolute atomic E-state index is 0.683. The fourth-order valence-corrected chi connectivity index (χ4v) is 3.11. The summed E-state index contributed by atoms with van der Waals surface area (Å²) in [6, 6.07) is 26.1. The van der Waals surface area contributed by atoms with Crippen LogP contribution in [0.2, 0.25) is 0 Å². The molecule has 0 bridgehead atoms. The molecule has 3 aromatic rings. The van der Waals surface area contributed by atoms with E-state index in [0.717, 1.165) is 17.7 Å². The van der Waals surface area contributed by atoms with Gasteiger partial charge in [-0.05, 0) is 61.1 Å². The lowest BCUT2D eigenvalue weighted by Crippen LogP contribution is -2.00. The predicted octanol–water partition coefficient (Wildman–Crippen LogP) is 6.96. The van der Waals surface area contributed by atoms with Gasteiger partial charge in [0.25, 0.3) is 0 Å². The van der Waals surface area contributed by atoms with Gasteiger partial charge in [0.2, 0.25) is 0 Å². The molecule has 0 aliphatic rings. The second-order valence-corrected chi connectivity index (χ2v) is 7.43. The monoisotopic (exact) mass is 367 g/mol. The summed E-state index contributed by atoms with van der Waals surface area (Å²) in [6.07, 6.45) is 3.26. The van der Waals surface area contributed by atoms with Crippen molar-refractivity contribution in [1.29, 1.82) is 0 Å². The minimum Gasteiger partial charge on any atom is -0.280 e. The van der Waals surface area contributed by atoms with Gasteiger partial charge in [-0.25, -0.2) is 0 Å². The van der Waals surface area contributed by atoms with Crippen molar-refractivity contribution >= 4 is 11.3 Å². The van der Waals surface area contributed by atoms with Crippen LogP contribution in [0.3, 0.4) is 0 Å². The lowest BCUT2D eigenvalue weighted by atomic mass is 10.0. The molecule has 0 spiro atoms. The van der Waals surface area contributed by atoms with E-state index in [9.17, 15) is 0 Å². The van der Waals surface area contributed by atoms with Crippen LogP contribution >= 0.6 is 0 Å². The number of hydrogen-bond donors (Lipinski definition) is 0. The van der Waals surface area contributed by atoms with Crippen LogP contribution in [0.1, 0.15) is 47.2 Å². The molecule has 1 nitrogen and oxygen atoms in total. The first-order valence-electron chi connectivity index (χ1n) is 10.00. The van der Waals surface area contributed by atoms with E-state index < -0.39 is 0 Å². The van der Waals surface area contributed by atoms with Gasteiger partial charge in [0.1, 0.15) is 0 Å². The van der Waals surface area contributed by atoms with E-state index in [2.05, 4.69) is 107 Å². The molecule has 0 N–H and O–H groups in total. The van der Waals surface area contributed by atoms with Crippen molar-refractivity contribution in [3.8, 4) is 0 Å². The molecule has 0 unspecified atom stereocenters. The van der Waals surface area contributed by atoms with Crippen molar-refractivity contribution in [2.45, 2.75) is 40.7 Å². The number of hydrogen-bond acceptors (Lipinski definition) is 1. The fourth-order valence-electron chi connectivity index (χ4n) is 3.11. The Morgan fingerprint density at radius 1 is 0.714 bits per heavy atom. The van der Waals surface area contributed by atoms with Crippen molar-refractivity contribution in [2.24, 2.45) is 4.99 Å². The smallest absolute Gasteiger partial charge is 0.0653 e. The highest BCUT2D eigenvalue weighted by Gasteiger charge is 2.04. The van der Waals surface area contributed by atoms with E-state index in [1.165, 1.54) is 33.4 Å². The number of aryl methyl sites for hydroxylation is 3. The van der Waals surface area contributed by atoms with E-state index in [1.807, 2.05) is 0 Å². The van der Waals surface area contributed by atoms with E-state index in [-0.39, 0.29) is 0 Å². The van der Waals surface area contributed by atoms with Crippen LogP contribution in [0.4, 0.5) is 0 Å². The molecule has 0 heterocycles. The van der Waals surface area contributed by atoms with Gasteiger partial charge in [0.05, 0.1) is 12.3 Å². The van der Waals surface area contributed by atoms with E-state index in [1.54, 1.807) is 0 Å².